The maximum Gasteiger partial charge on any atom is 0.193 e. The summed E-state index contributed by atoms with van der Waals surface area (Å²) in [5, 5.41) is 4.11. The third-order valence-corrected chi connectivity index (χ3v) is 3.96. The van der Waals surface area contributed by atoms with E-state index in [-0.39, 0.29) is 24.0 Å². The molecule has 4 nitrogen and oxygen atoms in total. The summed E-state index contributed by atoms with van der Waals surface area (Å²) in [6.45, 7) is 4.49. The van der Waals surface area contributed by atoms with Crippen molar-refractivity contribution in [3.63, 3.8) is 0 Å². The van der Waals surface area contributed by atoms with Gasteiger partial charge in [-0.05, 0) is 43.2 Å². The number of aryl methyl sites for hydroxylation is 2. The molecule has 0 atom stereocenters. The van der Waals surface area contributed by atoms with Crippen molar-refractivity contribution in [2.75, 3.05) is 5.32 Å². The lowest BCUT2D eigenvalue weighted by molar-refractivity contribution is 0.825. The predicted molar refractivity (Wildman–Crippen MR) is 106 cm³/mol. The first-order valence-corrected chi connectivity index (χ1v) is 7.27. The van der Waals surface area contributed by atoms with Gasteiger partial charge in [0.2, 0.25) is 0 Å². The molecule has 1 aromatic carbocycles. The highest BCUT2D eigenvalue weighted by Crippen LogP contribution is 2.25. The molecule has 120 valence electrons. The maximum atomic E-state index is 6.01. The zero-order valence-electron chi connectivity index (χ0n) is 12.7. The number of aliphatic imine (C=N–C) groups is 1. The van der Waals surface area contributed by atoms with Crippen molar-refractivity contribution in [3.05, 3.63) is 51.3 Å². The molecule has 0 aliphatic rings. The SMILES string of the molecule is Cc1cc(C)cc(NC(N)=NCc2cc(Cl)c(Cl)n2C)c1.I. The summed E-state index contributed by atoms with van der Waals surface area (Å²) in [4.78, 5) is 4.31. The van der Waals surface area contributed by atoms with Gasteiger partial charge in [0, 0.05) is 18.4 Å². The highest BCUT2D eigenvalue weighted by Gasteiger charge is 2.08. The molecule has 0 saturated heterocycles. The number of aromatic nitrogens is 1. The Labute approximate surface area is 157 Å². The molecular formula is C15H19Cl2IN4. The molecule has 7 heteroatoms. The molecule has 0 fully saturated rings. The second-order valence-electron chi connectivity index (χ2n) is 5.04. The van der Waals surface area contributed by atoms with Crippen LogP contribution in [0.25, 0.3) is 0 Å². The van der Waals surface area contributed by atoms with Crippen LogP contribution in [0.15, 0.2) is 29.3 Å². The van der Waals surface area contributed by atoms with E-state index >= 15 is 0 Å². The molecule has 0 saturated carbocycles. The van der Waals surface area contributed by atoms with E-state index in [0.717, 1.165) is 11.4 Å². The normalized spacial score (nSPS) is 11.2. The second-order valence-corrected chi connectivity index (χ2v) is 5.80. The Morgan fingerprint density at radius 3 is 2.27 bits per heavy atom. The molecule has 1 aromatic heterocycles. The van der Waals surface area contributed by atoms with Gasteiger partial charge in [-0.2, -0.15) is 0 Å². The molecule has 0 amide bonds. The molecule has 0 bridgehead atoms. The zero-order chi connectivity index (χ0) is 15.6. The van der Waals surface area contributed by atoms with E-state index in [0.29, 0.717) is 22.7 Å². The van der Waals surface area contributed by atoms with Crippen LogP contribution >= 0.6 is 47.2 Å². The topological polar surface area (TPSA) is 55.3 Å². The standard InChI is InChI=1S/C15H18Cl2N4.HI/c1-9-4-10(2)6-11(5-9)20-15(18)19-8-12-7-13(16)14(17)21(12)3;/h4-7H,8H2,1-3H3,(H3,18,19,20);1H. The highest BCUT2D eigenvalue weighted by molar-refractivity contribution is 14.0. The van der Waals surface area contributed by atoms with Gasteiger partial charge in [-0.15, -0.1) is 24.0 Å². The van der Waals surface area contributed by atoms with Crippen LogP contribution in [-0.2, 0) is 13.6 Å². The molecule has 0 aliphatic carbocycles. The maximum absolute atomic E-state index is 6.01. The number of rotatable bonds is 3. The predicted octanol–water partition coefficient (Wildman–Crippen LogP) is 4.49. The molecule has 3 N–H and O–H groups in total. The first-order chi connectivity index (χ1) is 9.86. The molecule has 0 aliphatic heterocycles. The number of nitrogens with zero attached hydrogens (tertiary/aromatic N) is 2. The first kappa shape index (κ1) is 19.1. The van der Waals surface area contributed by atoms with E-state index in [9.17, 15) is 0 Å². The summed E-state index contributed by atoms with van der Waals surface area (Å²) in [7, 11) is 1.84. The van der Waals surface area contributed by atoms with Crippen molar-refractivity contribution >= 4 is 58.8 Å². The molecule has 0 unspecified atom stereocenters. The molecule has 1 heterocycles. The van der Waals surface area contributed by atoms with E-state index in [1.165, 1.54) is 11.1 Å². The minimum absolute atomic E-state index is 0. The third-order valence-electron chi connectivity index (χ3n) is 3.12. The number of nitrogens with two attached hydrogens (primary N) is 1. The number of benzene rings is 1. The number of anilines is 1. The number of nitrogens with one attached hydrogen (secondary N) is 1. The van der Waals surface area contributed by atoms with Gasteiger partial charge in [-0.25, -0.2) is 4.99 Å². The fourth-order valence-corrected chi connectivity index (χ4v) is 2.56. The van der Waals surface area contributed by atoms with E-state index < -0.39 is 0 Å². The molecule has 0 spiro atoms. The summed E-state index contributed by atoms with van der Waals surface area (Å²) in [5.74, 6) is 0.355. The lowest BCUT2D eigenvalue weighted by atomic mass is 10.1. The average Bonchev–Trinajstić information content (AvgIpc) is 2.62. The van der Waals surface area contributed by atoms with E-state index in [2.05, 4.69) is 16.4 Å². The highest BCUT2D eigenvalue weighted by atomic mass is 127. The van der Waals surface area contributed by atoms with Crippen LogP contribution < -0.4 is 11.1 Å². The summed E-state index contributed by atoms with van der Waals surface area (Å²) in [6, 6.07) is 7.93. The largest absolute Gasteiger partial charge is 0.370 e. The molecule has 0 radical (unpaired) electrons. The Morgan fingerprint density at radius 1 is 1.18 bits per heavy atom. The lowest BCUT2D eigenvalue weighted by Gasteiger charge is -2.08. The van der Waals surface area contributed by atoms with Crippen LogP contribution in [0.2, 0.25) is 10.2 Å². The zero-order valence-corrected chi connectivity index (χ0v) is 16.5. The van der Waals surface area contributed by atoms with Crippen LogP contribution in [0.3, 0.4) is 0 Å². The van der Waals surface area contributed by atoms with Crippen molar-refractivity contribution in [3.8, 4) is 0 Å². The number of guanidine groups is 1. The van der Waals surface area contributed by atoms with Gasteiger partial charge < -0.3 is 15.6 Å². The van der Waals surface area contributed by atoms with Crippen molar-refractivity contribution in [2.24, 2.45) is 17.8 Å². The van der Waals surface area contributed by atoms with Crippen molar-refractivity contribution < 1.29 is 0 Å². The number of hydrogen-bond donors (Lipinski definition) is 2. The van der Waals surface area contributed by atoms with Gasteiger partial charge in [0.05, 0.1) is 11.6 Å². The van der Waals surface area contributed by atoms with Crippen molar-refractivity contribution in [2.45, 2.75) is 20.4 Å². The Morgan fingerprint density at radius 2 is 1.77 bits per heavy atom. The molecule has 2 aromatic rings. The van der Waals surface area contributed by atoms with E-state index in [1.807, 2.05) is 33.0 Å². The quantitative estimate of drug-likeness (QED) is 0.409. The summed E-state index contributed by atoms with van der Waals surface area (Å²) in [5.41, 5.74) is 10.1. The third kappa shape index (κ3) is 4.79. The first-order valence-electron chi connectivity index (χ1n) is 6.51. The monoisotopic (exact) mass is 452 g/mol. The van der Waals surface area contributed by atoms with Crippen molar-refractivity contribution in [1.82, 2.24) is 4.57 Å². The van der Waals surface area contributed by atoms with Gasteiger partial charge >= 0.3 is 0 Å². The second kappa shape index (κ2) is 8.08. The Hall–Kier alpha value is -0.920. The molecular weight excluding hydrogens is 434 g/mol. The van der Waals surface area contributed by atoms with E-state index in [1.54, 1.807) is 10.6 Å². The summed E-state index contributed by atoms with van der Waals surface area (Å²) >= 11 is 12.0. The summed E-state index contributed by atoms with van der Waals surface area (Å²) in [6.07, 6.45) is 0. The smallest absolute Gasteiger partial charge is 0.193 e. The minimum Gasteiger partial charge on any atom is -0.370 e. The number of halogens is 3. The number of hydrogen-bond acceptors (Lipinski definition) is 1. The van der Waals surface area contributed by atoms with Crippen LogP contribution in [0, 0.1) is 13.8 Å². The Balaban J connectivity index is 0.00000242. The Kier molecular flexibility index (Phi) is 7.02. The average molecular weight is 453 g/mol. The van der Waals surface area contributed by atoms with Gasteiger partial charge in [0.25, 0.3) is 0 Å². The van der Waals surface area contributed by atoms with E-state index in [4.69, 9.17) is 28.9 Å². The summed E-state index contributed by atoms with van der Waals surface area (Å²) < 4.78 is 1.79. The van der Waals surface area contributed by atoms with Crippen LogP contribution in [0.1, 0.15) is 16.8 Å². The van der Waals surface area contributed by atoms with Crippen LogP contribution in [-0.4, -0.2) is 10.5 Å². The fourth-order valence-electron chi connectivity index (χ4n) is 2.14. The fraction of sp³-hybridized carbons (Fsp3) is 0.267. The Bertz CT molecular complexity index is 675. The lowest BCUT2D eigenvalue weighted by Crippen LogP contribution is -2.22. The van der Waals surface area contributed by atoms with Crippen LogP contribution in [0.5, 0.6) is 0 Å². The van der Waals surface area contributed by atoms with Crippen molar-refractivity contribution in [1.29, 1.82) is 0 Å². The van der Waals surface area contributed by atoms with Gasteiger partial charge in [-0.3, -0.25) is 0 Å². The van der Waals surface area contributed by atoms with Gasteiger partial charge in [0.1, 0.15) is 5.15 Å². The minimum atomic E-state index is 0. The van der Waals surface area contributed by atoms with Gasteiger partial charge in [-0.1, -0.05) is 29.3 Å². The van der Waals surface area contributed by atoms with Gasteiger partial charge in [0.15, 0.2) is 5.96 Å². The molecule has 22 heavy (non-hydrogen) atoms. The molecule has 2 rings (SSSR count). The van der Waals surface area contributed by atoms with Crippen LogP contribution in [0.4, 0.5) is 5.69 Å².